The molecule has 0 heterocycles. The quantitative estimate of drug-likeness (QED) is 0.770. The zero-order valence-electron chi connectivity index (χ0n) is 15.9. The summed E-state index contributed by atoms with van der Waals surface area (Å²) in [4.78, 5) is 25.9. The van der Waals surface area contributed by atoms with E-state index in [9.17, 15) is 9.59 Å². The molecule has 2 aromatic rings. The Kier molecular flexibility index (Phi) is 7.05. The lowest BCUT2D eigenvalue weighted by atomic mass is 10.2. The number of hydrogen-bond acceptors (Lipinski definition) is 5. The molecule has 7 heteroatoms. The average molecular weight is 372 g/mol. The fraction of sp³-hybridized carbons (Fsp3) is 0.300. The summed E-state index contributed by atoms with van der Waals surface area (Å²) < 4.78 is 15.6. The Morgan fingerprint density at radius 1 is 0.926 bits per heavy atom. The van der Waals surface area contributed by atoms with Crippen LogP contribution in [0.25, 0.3) is 0 Å². The van der Waals surface area contributed by atoms with Crippen molar-refractivity contribution in [2.45, 2.75) is 6.92 Å². The molecule has 0 aliphatic rings. The van der Waals surface area contributed by atoms with E-state index in [1.165, 1.54) is 14.0 Å². The Morgan fingerprint density at radius 2 is 1.56 bits per heavy atom. The molecule has 27 heavy (non-hydrogen) atoms. The Morgan fingerprint density at radius 3 is 2.11 bits per heavy atom. The van der Waals surface area contributed by atoms with Gasteiger partial charge in [0.25, 0.3) is 5.91 Å². The molecule has 1 N–H and O–H groups in total. The maximum atomic E-state index is 12.2. The number of benzene rings is 2. The van der Waals surface area contributed by atoms with Crippen molar-refractivity contribution in [3.05, 3.63) is 48.0 Å². The molecule has 0 fully saturated rings. The molecule has 0 aromatic heterocycles. The SMILES string of the molecule is COc1ccc(C(=O)NCCN(C(C)=O)c2ccc(OC)cc2OC)cc1. The number of hydrogen-bond donors (Lipinski definition) is 1. The van der Waals surface area contributed by atoms with Gasteiger partial charge >= 0.3 is 0 Å². The number of anilines is 1. The van der Waals surface area contributed by atoms with Gasteiger partial charge in [0.05, 0.1) is 27.0 Å². The summed E-state index contributed by atoms with van der Waals surface area (Å²) >= 11 is 0. The predicted molar refractivity (Wildman–Crippen MR) is 103 cm³/mol. The van der Waals surface area contributed by atoms with Gasteiger partial charge < -0.3 is 24.4 Å². The number of amides is 2. The third kappa shape index (κ3) is 5.13. The van der Waals surface area contributed by atoms with Crippen molar-refractivity contribution in [2.75, 3.05) is 39.3 Å². The first-order chi connectivity index (χ1) is 13.0. The Labute approximate surface area is 158 Å². The molecule has 0 radical (unpaired) electrons. The van der Waals surface area contributed by atoms with Crippen molar-refractivity contribution in [3.63, 3.8) is 0 Å². The average Bonchev–Trinajstić information content (AvgIpc) is 2.70. The molecule has 7 nitrogen and oxygen atoms in total. The zero-order chi connectivity index (χ0) is 19.8. The van der Waals surface area contributed by atoms with Crippen LogP contribution in [0.3, 0.4) is 0 Å². The van der Waals surface area contributed by atoms with Gasteiger partial charge in [-0.15, -0.1) is 0 Å². The third-order valence-electron chi connectivity index (χ3n) is 4.03. The van der Waals surface area contributed by atoms with Gasteiger partial charge in [0.2, 0.25) is 5.91 Å². The summed E-state index contributed by atoms with van der Waals surface area (Å²) in [7, 11) is 4.66. The van der Waals surface area contributed by atoms with Gasteiger partial charge in [-0.2, -0.15) is 0 Å². The van der Waals surface area contributed by atoms with E-state index >= 15 is 0 Å². The topological polar surface area (TPSA) is 77.1 Å². The highest BCUT2D eigenvalue weighted by molar-refractivity contribution is 5.95. The van der Waals surface area contributed by atoms with Crippen LogP contribution >= 0.6 is 0 Å². The summed E-state index contributed by atoms with van der Waals surface area (Å²) in [5.41, 5.74) is 1.14. The van der Waals surface area contributed by atoms with E-state index in [4.69, 9.17) is 14.2 Å². The van der Waals surface area contributed by atoms with E-state index in [1.54, 1.807) is 61.6 Å². The molecule has 0 atom stereocenters. The molecule has 2 amide bonds. The highest BCUT2D eigenvalue weighted by Crippen LogP contribution is 2.32. The number of methoxy groups -OCH3 is 3. The molecular weight excluding hydrogens is 348 g/mol. The van der Waals surface area contributed by atoms with Crippen molar-refractivity contribution in [1.29, 1.82) is 0 Å². The van der Waals surface area contributed by atoms with E-state index in [-0.39, 0.29) is 11.8 Å². The number of rotatable bonds is 8. The maximum Gasteiger partial charge on any atom is 0.251 e. The molecule has 0 spiro atoms. The maximum absolute atomic E-state index is 12.2. The minimum atomic E-state index is -0.220. The molecule has 0 unspecified atom stereocenters. The summed E-state index contributed by atoms with van der Waals surface area (Å²) in [5.74, 6) is 1.46. The van der Waals surface area contributed by atoms with Gasteiger partial charge in [-0.3, -0.25) is 9.59 Å². The van der Waals surface area contributed by atoms with Crippen molar-refractivity contribution < 1.29 is 23.8 Å². The van der Waals surface area contributed by atoms with Crippen LogP contribution in [-0.4, -0.2) is 46.2 Å². The minimum absolute atomic E-state index is 0.155. The predicted octanol–water partition coefficient (Wildman–Crippen LogP) is 2.50. The second-order valence-electron chi connectivity index (χ2n) is 5.69. The van der Waals surface area contributed by atoms with Crippen LogP contribution in [0, 0.1) is 0 Å². The van der Waals surface area contributed by atoms with Crippen molar-refractivity contribution in [3.8, 4) is 17.2 Å². The normalized spacial score (nSPS) is 10.1. The molecule has 0 saturated carbocycles. The molecule has 0 aliphatic heterocycles. The highest BCUT2D eigenvalue weighted by atomic mass is 16.5. The largest absolute Gasteiger partial charge is 0.497 e. The van der Waals surface area contributed by atoms with E-state index in [0.717, 1.165) is 0 Å². The van der Waals surface area contributed by atoms with Crippen LogP contribution in [0.1, 0.15) is 17.3 Å². The first-order valence-corrected chi connectivity index (χ1v) is 8.42. The van der Waals surface area contributed by atoms with Gasteiger partial charge in [-0.1, -0.05) is 0 Å². The molecule has 2 aromatic carbocycles. The van der Waals surface area contributed by atoms with Crippen LogP contribution in [0.5, 0.6) is 17.2 Å². The van der Waals surface area contributed by atoms with Crippen molar-refractivity contribution in [1.82, 2.24) is 5.32 Å². The number of nitrogens with zero attached hydrogens (tertiary/aromatic N) is 1. The van der Waals surface area contributed by atoms with E-state index in [0.29, 0.717) is 41.6 Å². The number of carbonyl (C=O) groups is 2. The lowest BCUT2D eigenvalue weighted by Crippen LogP contribution is -2.37. The fourth-order valence-corrected chi connectivity index (χ4v) is 2.58. The summed E-state index contributed by atoms with van der Waals surface area (Å²) in [6.07, 6.45) is 0. The monoisotopic (exact) mass is 372 g/mol. The Balaban J connectivity index is 2.04. The molecule has 144 valence electrons. The Bertz CT molecular complexity index is 789. The third-order valence-corrected chi connectivity index (χ3v) is 4.03. The van der Waals surface area contributed by atoms with Gasteiger partial charge in [0.1, 0.15) is 17.2 Å². The van der Waals surface area contributed by atoms with Gasteiger partial charge in [0, 0.05) is 31.6 Å². The number of carbonyl (C=O) groups excluding carboxylic acids is 2. The molecule has 2 rings (SSSR count). The standard InChI is InChI=1S/C20H24N2O5/c1-14(23)22(18-10-9-17(26-3)13-19(18)27-4)12-11-21-20(24)15-5-7-16(25-2)8-6-15/h5-10,13H,11-12H2,1-4H3,(H,21,24). The second-order valence-corrected chi connectivity index (χ2v) is 5.69. The first kappa shape index (κ1) is 20.1. The van der Waals surface area contributed by atoms with Crippen LogP contribution in [0.4, 0.5) is 5.69 Å². The van der Waals surface area contributed by atoms with Crippen LogP contribution in [-0.2, 0) is 4.79 Å². The molecular formula is C20H24N2O5. The fourth-order valence-electron chi connectivity index (χ4n) is 2.58. The van der Waals surface area contributed by atoms with Crippen LogP contribution in [0.2, 0.25) is 0 Å². The zero-order valence-corrected chi connectivity index (χ0v) is 15.9. The number of nitrogens with one attached hydrogen (secondary N) is 1. The first-order valence-electron chi connectivity index (χ1n) is 8.42. The van der Waals surface area contributed by atoms with Gasteiger partial charge in [-0.25, -0.2) is 0 Å². The van der Waals surface area contributed by atoms with Crippen LogP contribution < -0.4 is 24.4 Å². The van der Waals surface area contributed by atoms with E-state index < -0.39 is 0 Å². The summed E-state index contributed by atoms with van der Waals surface area (Å²) in [6.45, 7) is 2.06. The number of ether oxygens (including phenoxy) is 3. The van der Waals surface area contributed by atoms with Crippen LogP contribution in [0.15, 0.2) is 42.5 Å². The van der Waals surface area contributed by atoms with Crippen molar-refractivity contribution in [2.24, 2.45) is 0 Å². The smallest absolute Gasteiger partial charge is 0.251 e. The van der Waals surface area contributed by atoms with Gasteiger partial charge in [0.15, 0.2) is 0 Å². The van der Waals surface area contributed by atoms with E-state index in [1.807, 2.05) is 0 Å². The lowest BCUT2D eigenvalue weighted by Gasteiger charge is -2.23. The Hall–Kier alpha value is -3.22. The summed E-state index contributed by atoms with van der Waals surface area (Å²) in [6, 6.07) is 12.0. The van der Waals surface area contributed by atoms with E-state index in [2.05, 4.69) is 5.32 Å². The lowest BCUT2D eigenvalue weighted by molar-refractivity contribution is -0.116. The van der Waals surface area contributed by atoms with Gasteiger partial charge in [-0.05, 0) is 36.4 Å². The second kappa shape index (κ2) is 9.47. The molecule has 0 bridgehead atoms. The van der Waals surface area contributed by atoms with Crippen molar-refractivity contribution >= 4 is 17.5 Å². The summed E-state index contributed by atoms with van der Waals surface area (Å²) in [5, 5.41) is 2.81. The molecule has 0 aliphatic carbocycles. The highest BCUT2D eigenvalue weighted by Gasteiger charge is 2.17. The minimum Gasteiger partial charge on any atom is -0.497 e. The molecule has 0 saturated heterocycles.